The van der Waals surface area contributed by atoms with Gasteiger partial charge in [-0.3, -0.25) is 0 Å². The van der Waals surface area contributed by atoms with Crippen LogP contribution < -0.4 is 4.90 Å². The van der Waals surface area contributed by atoms with Gasteiger partial charge in [0.2, 0.25) is 0 Å². The van der Waals surface area contributed by atoms with E-state index in [1.54, 1.807) is 0 Å². The predicted octanol–water partition coefficient (Wildman–Crippen LogP) is 13.2. The lowest BCUT2D eigenvalue weighted by Crippen LogP contribution is -2.11. The molecule has 0 aliphatic rings. The van der Waals surface area contributed by atoms with Crippen molar-refractivity contribution in [1.82, 2.24) is 0 Å². The lowest BCUT2D eigenvalue weighted by molar-refractivity contribution is 1.29. The van der Waals surface area contributed by atoms with Crippen LogP contribution in [0.4, 0.5) is 17.1 Å². The highest BCUT2D eigenvalue weighted by Gasteiger charge is 2.18. The van der Waals surface area contributed by atoms with Gasteiger partial charge in [0.05, 0.1) is 5.69 Å². The minimum absolute atomic E-state index is 1.12. The Balaban J connectivity index is 1.15. The molecule has 0 amide bonds. The smallest absolute Gasteiger partial charge is 0.0540 e. The Kier molecular flexibility index (Phi) is 6.40. The molecule has 46 heavy (non-hydrogen) atoms. The zero-order valence-electron chi connectivity index (χ0n) is 25.1. The van der Waals surface area contributed by atoms with E-state index in [1.807, 2.05) is 11.3 Å². The van der Waals surface area contributed by atoms with E-state index in [0.29, 0.717) is 0 Å². The SMILES string of the molecule is c1ccc(-c2ccccc2N(c2ccc(-c3ccc4c(ccc5c6ccccc6sc45)c3)cc2)c2ccc3ccccc3c2)cc1. The number of nitrogens with zero attached hydrogens (tertiary/aromatic N) is 1. The molecule has 0 saturated carbocycles. The molecule has 0 aliphatic carbocycles. The molecule has 9 aromatic rings. The van der Waals surface area contributed by atoms with Gasteiger partial charge in [-0.25, -0.2) is 0 Å². The zero-order valence-corrected chi connectivity index (χ0v) is 25.9. The van der Waals surface area contributed by atoms with E-state index in [9.17, 15) is 0 Å². The fraction of sp³-hybridized carbons (Fsp3) is 0. The molecular weight excluding hydrogens is 575 g/mol. The number of para-hydroxylation sites is 1. The maximum absolute atomic E-state index is 2.39. The molecule has 0 radical (unpaired) electrons. The standard InChI is InChI=1S/C44H29NS/c1-2-11-32(12-3-1)38-14-6-8-16-42(38)45(37-25-20-30-10-4-5-13-33(30)29-37)36-23-18-31(19-24-36)34-21-26-39-35(28-34)22-27-41-40-15-7-9-17-43(40)46-44(39)41/h1-29H. The summed E-state index contributed by atoms with van der Waals surface area (Å²) in [5, 5.41) is 7.74. The van der Waals surface area contributed by atoms with Gasteiger partial charge in [-0.05, 0) is 80.7 Å². The molecule has 1 heterocycles. The van der Waals surface area contributed by atoms with Crippen LogP contribution in [0.2, 0.25) is 0 Å². The number of hydrogen-bond acceptors (Lipinski definition) is 2. The maximum Gasteiger partial charge on any atom is 0.0540 e. The predicted molar refractivity (Wildman–Crippen MR) is 200 cm³/mol. The van der Waals surface area contributed by atoms with E-state index in [-0.39, 0.29) is 0 Å². The molecule has 0 unspecified atom stereocenters. The quantitative estimate of drug-likeness (QED) is 0.189. The van der Waals surface area contributed by atoms with Gasteiger partial charge in [-0.2, -0.15) is 0 Å². The van der Waals surface area contributed by atoms with Crippen LogP contribution >= 0.6 is 11.3 Å². The first kappa shape index (κ1) is 26.7. The van der Waals surface area contributed by atoms with Crippen LogP contribution in [-0.4, -0.2) is 0 Å². The highest BCUT2D eigenvalue weighted by atomic mass is 32.1. The summed E-state index contributed by atoms with van der Waals surface area (Å²) in [5.41, 5.74) is 8.23. The number of fused-ring (bicyclic) bond motifs is 6. The lowest BCUT2D eigenvalue weighted by atomic mass is 9.99. The van der Waals surface area contributed by atoms with Gasteiger partial charge in [0, 0.05) is 37.1 Å². The Morgan fingerprint density at radius 3 is 1.93 bits per heavy atom. The third kappa shape index (κ3) is 4.54. The Morgan fingerprint density at radius 1 is 0.370 bits per heavy atom. The Labute approximate surface area is 272 Å². The molecule has 8 aromatic carbocycles. The van der Waals surface area contributed by atoms with Crippen LogP contribution in [0.25, 0.3) is 64.0 Å². The van der Waals surface area contributed by atoms with Crippen molar-refractivity contribution in [2.24, 2.45) is 0 Å². The second-order valence-electron chi connectivity index (χ2n) is 11.8. The number of thiophene rings is 1. The molecule has 1 aromatic heterocycles. The normalized spacial score (nSPS) is 11.5. The van der Waals surface area contributed by atoms with Crippen molar-refractivity contribution in [3.05, 3.63) is 176 Å². The highest BCUT2D eigenvalue weighted by molar-refractivity contribution is 7.26. The first-order chi connectivity index (χ1) is 22.8. The zero-order chi connectivity index (χ0) is 30.5. The molecule has 0 spiro atoms. The molecule has 2 heteroatoms. The van der Waals surface area contributed by atoms with Crippen molar-refractivity contribution in [1.29, 1.82) is 0 Å². The van der Waals surface area contributed by atoms with E-state index in [0.717, 1.165) is 17.1 Å². The molecular formula is C44H29NS. The van der Waals surface area contributed by atoms with Gasteiger partial charge in [0.1, 0.15) is 0 Å². The third-order valence-electron chi connectivity index (χ3n) is 9.04. The topological polar surface area (TPSA) is 3.24 Å². The van der Waals surface area contributed by atoms with Crippen molar-refractivity contribution in [3.8, 4) is 22.3 Å². The monoisotopic (exact) mass is 603 g/mol. The third-order valence-corrected chi connectivity index (χ3v) is 10.3. The first-order valence-electron chi connectivity index (χ1n) is 15.7. The molecule has 0 bridgehead atoms. The first-order valence-corrected chi connectivity index (χ1v) is 16.5. The summed E-state index contributed by atoms with van der Waals surface area (Å²) in [4.78, 5) is 2.39. The Morgan fingerprint density at radius 2 is 1.04 bits per heavy atom. The van der Waals surface area contributed by atoms with Crippen molar-refractivity contribution in [2.75, 3.05) is 4.90 Å². The van der Waals surface area contributed by atoms with Gasteiger partial charge in [-0.1, -0.05) is 133 Å². The highest BCUT2D eigenvalue weighted by Crippen LogP contribution is 2.43. The summed E-state index contributed by atoms with van der Waals surface area (Å²) in [5.74, 6) is 0. The number of rotatable bonds is 5. The summed E-state index contributed by atoms with van der Waals surface area (Å²) in [6.45, 7) is 0. The van der Waals surface area contributed by atoms with Crippen molar-refractivity contribution >= 4 is 70.1 Å². The van der Waals surface area contributed by atoms with Crippen LogP contribution in [0.1, 0.15) is 0 Å². The van der Waals surface area contributed by atoms with Gasteiger partial charge >= 0.3 is 0 Å². The molecule has 0 aliphatic heterocycles. The number of hydrogen-bond donors (Lipinski definition) is 0. The molecule has 0 fully saturated rings. The van der Waals surface area contributed by atoms with Crippen molar-refractivity contribution in [3.63, 3.8) is 0 Å². The molecule has 0 saturated heterocycles. The van der Waals surface area contributed by atoms with Gasteiger partial charge in [0.25, 0.3) is 0 Å². The van der Waals surface area contributed by atoms with E-state index in [1.165, 1.54) is 64.0 Å². The average Bonchev–Trinajstić information content (AvgIpc) is 3.52. The van der Waals surface area contributed by atoms with Crippen LogP contribution in [0.15, 0.2) is 176 Å². The fourth-order valence-electron chi connectivity index (χ4n) is 6.77. The molecule has 1 nitrogen and oxygen atoms in total. The minimum atomic E-state index is 1.12. The van der Waals surface area contributed by atoms with E-state index >= 15 is 0 Å². The molecule has 0 N–H and O–H groups in total. The van der Waals surface area contributed by atoms with Gasteiger partial charge in [0.15, 0.2) is 0 Å². The molecule has 216 valence electrons. The Bertz CT molecular complexity index is 2530. The maximum atomic E-state index is 2.39. The molecule has 9 rings (SSSR count). The largest absolute Gasteiger partial charge is 0.310 e. The van der Waals surface area contributed by atoms with Crippen LogP contribution in [-0.2, 0) is 0 Å². The fourth-order valence-corrected chi connectivity index (χ4v) is 8.01. The second-order valence-corrected chi connectivity index (χ2v) is 12.8. The lowest BCUT2D eigenvalue weighted by Gasteiger charge is -2.28. The summed E-state index contributed by atoms with van der Waals surface area (Å²) in [6.07, 6.45) is 0. The summed E-state index contributed by atoms with van der Waals surface area (Å²) in [7, 11) is 0. The summed E-state index contributed by atoms with van der Waals surface area (Å²) in [6, 6.07) is 63.9. The van der Waals surface area contributed by atoms with Crippen molar-refractivity contribution in [2.45, 2.75) is 0 Å². The second kappa shape index (κ2) is 11.0. The summed E-state index contributed by atoms with van der Waals surface area (Å²) >= 11 is 1.89. The Hall–Kier alpha value is -5.70. The van der Waals surface area contributed by atoms with E-state index < -0.39 is 0 Å². The summed E-state index contributed by atoms with van der Waals surface area (Å²) < 4.78 is 2.71. The van der Waals surface area contributed by atoms with Crippen LogP contribution in [0.3, 0.4) is 0 Å². The van der Waals surface area contributed by atoms with Gasteiger partial charge < -0.3 is 4.90 Å². The van der Waals surface area contributed by atoms with E-state index in [4.69, 9.17) is 0 Å². The number of anilines is 3. The van der Waals surface area contributed by atoms with E-state index in [2.05, 4.69) is 181 Å². The number of benzene rings is 8. The molecule has 0 atom stereocenters. The van der Waals surface area contributed by atoms with Crippen LogP contribution in [0, 0.1) is 0 Å². The van der Waals surface area contributed by atoms with Gasteiger partial charge in [-0.15, -0.1) is 11.3 Å². The van der Waals surface area contributed by atoms with Crippen LogP contribution in [0.5, 0.6) is 0 Å². The average molecular weight is 604 g/mol. The minimum Gasteiger partial charge on any atom is -0.310 e. The van der Waals surface area contributed by atoms with Crippen molar-refractivity contribution < 1.29 is 0 Å².